The Kier molecular flexibility index (Phi) is 7.23. The number of hydrogen-bond donors (Lipinski definition) is 1. The molecule has 0 aliphatic carbocycles. The molecule has 1 aromatic rings. The molecule has 1 rings (SSSR count). The van der Waals surface area contributed by atoms with E-state index in [0.29, 0.717) is 12.5 Å². The quantitative estimate of drug-likeness (QED) is 0.590. The lowest BCUT2D eigenvalue weighted by molar-refractivity contribution is 0.159. The number of hydrogen-bond acceptors (Lipinski definition) is 2. The van der Waals surface area contributed by atoms with Gasteiger partial charge in [-0.1, -0.05) is 31.0 Å². The van der Waals surface area contributed by atoms with E-state index >= 15 is 0 Å². The molecule has 0 aliphatic rings. The standard InChI is InChI=1S/C13H18ClNO2/c14-10-6-1-2-7-11-17-13(16)15-12-8-4-3-5-9-12/h3-5,8-9H,1-2,6-7,10-11H2,(H,15,16). The first kappa shape index (κ1) is 13.8. The largest absolute Gasteiger partial charge is 0.449 e. The van der Waals surface area contributed by atoms with Crippen molar-refractivity contribution >= 4 is 23.4 Å². The summed E-state index contributed by atoms with van der Waals surface area (Å²) in [6.07, 6.45) is 3.66. The molecule has 3 nitrogen and oxygen atoms in total. The summed E-state index contributed by atoms with van der Waals surface area (Å²) in [6.45, 7) is 0.459. The topological polar surface area (TPSA) is 38.3 Å². The minimum absolute atomic E-state index is 0.395. The van der Waals surface area contributed by atoms with Gasteiger partial charge in [0.05, 0.1) is 6.61 Å². The number of para-hydroxylation sites is 1. The zero-order chi connectivity index (χ0) is 12.3. The van der Waals surface area contributed by atoms with Crippen molar-refractivity contribution in [3.63, 3.8) is 0 Å². The van der Waals surface area contributed by atoms with Crippen LogP contribution in [0.4, 0.5) is 10.5 Å². The van der Waals surface area contributed by atoms with Gasteiger partial charge >= 0.3 is 6.09 Å². The molecule has 0 aromatic heterocycles. The van der Waals surface area contributed by atoms with Crippen LogP contribution in [0.1, 0.15) is 25.7 Å². The van der Waals surface area contributed by atoms with Gasteiger partial charge in [0, 0.05) is 11.6 Å². The van der Waals surface area contributed by atoms with Crippen LogP contribution in [-0.2, 0) is 4.74 Å². The maximum absolute atomic E-state index is 11.3. The van der Waals surface area contributed by atoms with Crippen LogP contribution in [-0.4, -0.2) is 18.6 Å². The molecule has 1 aromatic carbocycles. The molecule has 1 amide bonds. The summed E-state index contributed by atoms with van der Waals surface area (Å²) in [5, 5.41) is 2.66. The van der Waals surface area contributed by atoms with Gasteiger partial charge in [0.2, 0.25) is 0 Å². The molecule has 0 aliphatic heterocycles. The fraction of sp³-hybridized carbons (Fsp3) is 0.462. The maximum atomic E-state index is 11.3. The van der Waals surface area contributed by atoms with Gasteiger partial charge in [-0.15, -0.1) is 11.6 Å². The predicted octanol–water partition coefficient (Wildman–Crippen LogP) is 4.03. The number of halogens is 1. The van der Waals surface area contributed by atoms with E-state index in [1.165, 1.54) is 0 Å². The number of nitrogens with one attached hydrogen (secondary N) is 1. The third kappa shape index (κ3) is 6.84. The second-order valence-corrected chi connectivity index (χ2v) is 4.11. The molecule has 0 saturated carbocycles. The molecule has 0 radical (unpaired) electrons. The smallest absolute Gasteiger partial charge is 0.411 e. The zero-order valence-electron chi connectivity index (χ0n) is 9.82. The van der Waals surface area contributed by atoms with Crippen LogP contribution in [0.2, 0.25) is 0 Å². The van der Waals surface area contributed by atoms with Crippen LogP contribution in [0.5, 0.6) is 0 Å². The number of anilines is 1. The third-order valence-electron chi connectivity index (χ3n) is 2.28. The van der Waals surface area contributed by atoms with Crippen LogP contribution in [0.15, 0.2) is 30.3 Å². The molecular formula is C13H18ClNO2. The highest BCUT2D eigenvalue weighted by atomic mass is 35.5. The van der Waals surface area contributed by atoms with Crippen molar-refractivity contribution in [1.82, 2.24) is 0 Å². The Bertz CT molecular complexity index is 316. The number of unbranched alkanes of at least 4 members (excludes halogenated alkanes) is 3. The maximum Gasteiger partial charge on any atom is 0.411 e. The second kappa shape index (κ2) is 8.88. The van der Waals surface area contributed by atoms with Gasteiger partial charge in [-0.25, -0.2) is 4.79 Å². The highest BCUT2D eigenvalue weighted by Gasteiger charge is 2.01. The van der Waals surface area contributed by atoms with Crippen molar-refractivity contribution < 1.29 is 9.53 Å². The van der Waals surface area contributed by atoms with Crippen molar-refractivity contribution in [2.24, 2.45) is 0 Å². The third-order valence-corrected chi connectivity index (χ3v) is 2.55. The molecule has 0 spiro atoms. The van der Waals surface area contributed by atoms with Crippen molar-refractivity contribution in [3.05, 3.63) is 30.3 Å². The average molecular weight is 256 g/mol. The average Bonchev–Trinajstić information content (AvgIpc) is 2.35. The van der Waals surface area contributed by atoms with E-state index < -0.39 is 6.09 Å². The number of amides is 1. The molecular weight excluding hydrogens is 238 g/mol. The van der Waals surface area contributed by atoms with Crippen LogP contribution in [0.25, 0.3) is 0 Å². The van der Waals surface area contributed by atoms with Gasteiger partial charge in [-0.2, -0.15) is 0 Å². The summed E-state index contributed by atoms with van der Waals surface area (Å²) in [5.41, 5.74) is 0.750. The molecule has 0 bridgehead atoms. The van der Waals surface area contributed by atoms with Gasteiger partial charge in [-0.05, 0) is 25.0 Å². The van der Waals surface area contributed by atoms with Crippen LogP contribution in [0, 0.1) is 0 Å². The predicted molar refractivity (Wildman–Crippen MR) is 70.6 cm³/mol. The van der Waals surface area contributed by atoms with E-state index in [9.17, 15) is 4.79 Å². The van der Waals surface area contributed by atoms with E-state index in [-0.39, 0.29) is 0 Å². The van der Waals surface area contributed by atoms with Crippen LogP contribution in [0.3, 0.4) is 0 Å². The van der Waals surface area contributed by atoms with Gasteiger partial charge in [-0.3, -0.25) is 5.32 Å². The van der Waals surface area contributed by atoms with E-state index in [2.05, 4.69) is 5.32 Å². The number of carbonyl (C=O) groups is 1. The highest BCUT2D eigenvalue weighted by Crippen LogP contribution is 2.06. The van der Waals surface area contributed by atoms with E-state index in [4.69, 9.17) is 16.3 Å². The Morgan fingerprint density at radius 3 is 2.53 bits per heavy atom. The van der Waals surface area contributed by atoms with Crippen molar-refractivity contribution in [1.29, 1.82) is 0 Å². The lowest BCUT2D eigenvalue weighted by atomic mass is 10.2. The van der Waals surface area contributed by atoms with Crippen molar-refractivity contribution in [3.8, 4) is 0 Å². The second-order valence-electron chi connectivity index (χ2n) is 3.73. The Hall–Kier alpha value is -1.22. The molecule has 4 heteroatoms. The summed E-state index contributed by atoms with van der Waals surface area (Å²) < 4.78 is 5.04. The fourth-order valence-electron chi connectivity index (χ4n) is 1.39. The first-order chi connectivity index (χ1) is 8.33. The Morgan fingerprint density at radius 1 is 1.12 bits per heavy atom. The molecule has 0 heterocycles. The lowest BCUT2D eigenvalue weighted by Gasteiger charge is -2.06. The molecule has 1 N–H and O–H groups in total. The SMILES string of the molecule is O=C(Nc1ccccc1)OCCCCCCCl. The minimum Gasteiger partial charge on any atom is -0.449 e. The monoisotopic (exact) mass is 255 g/mol. The number of alkyl halides is 1. The molecule has 17 heavy (non-hydrogen) atoms. The minimum atomic E-state index is -0.395. The van der Waals surface area contributed by atoms with Gasteiger partial charge in [0.1, 0.15) is 0 Å². The number of benzene rings is 1. The van der Waals surface area contributed by atoms with E-state index in [1.807, 2.05) is 30.3 Å². The number of carbonyl (C=O) groups excluding carboxylic acids is 1. The van der Waals surface area contributed by atoms with Crippen LogP contribution < -0.4 is 5.32 Å². The summed E-state index contributed by atoms with van der Waals surface area (Å²) in [6, 6.07) is 9.26. The summed E-state index contributed by atoms with van der Waals surface area (Å²) in [7, 11) is 0. The van der Waals surface area contributed by atoms with Gasteiger partial charge < -0.3 is 4.74 Å². The lowest BCUT2D eigenvalue weighted by Crippen LogP contribution is -2.14. The molecule has 0 unspecified atom stereocenters. The Balaban J connectivity index is 2.06. The highest BCUT2D eigenvalue weighted by molar-refractivity contribution is 6.17. The molecule has 0 saturated heterocycles. The van der Waals surface area contributed by atoms with E-state index in [1.54, 1.807) is 0 Å². The first-order valence-electron chi connectivity index (χ1n) is 5.87. The molecule has 0 fully saturated rings. The van der Waals surface area contributed by atoms with Crippen LogP contribution >= 0.6 is 11.6 Å². The van der Waals surface area contributed by atoms with E-state index in [0.717, 1.165) is 31.4 Å². The molecule has 0 atom stereocenters. The fourth-order valence-corrected chi connectivity index (χ4v) is 1.58. The normalized spacial score (nSPS) is 9.94. The van der Waals surface area contributed by atoms with Gasteiger partial charge in [0.15, 0.2) is 0 Å². The van der Waals surface area contributed by atoms with Crippen molar-refractivity contribution in [2.45, 2.75) is 25.7 Å². The molecule has 94 valence electrons. The summed E-state index contributed by atoms with van der Waals surface area (Å²) >= 11 is 5.56. The summed E-state index contributed by atoms with van der Waals surface area (Å²) in [4.78, 5) is 11.3. The number of ether oxygens (including phenoxy) is 1. The summed E-state index contributed by atoms with van der Waals surface area (Å²) in [5.74, 6) is 0.704. The van der Waals surface area contributed by atoms with Gasteiger partial charge in [0.25, 0.3) is 0 Å². The Morgan fingerprint density at radius 2 is 1.82 bits per heavy atom. The van der Waals surface area contributed by atoms with Crippen molar-refractivity contribution in [2.75, 3.05) is 17.8 Å². The first-order valence-corrected chi connectivity index (χ1v) is 6.41. The zero-order valence-corrected chi connectivity index (χ0v) is 10.6. The number of rotatable bonds is 7. The Labute approximate surface area is 107 Å².